The number of carbonyl (C=O) groups is 1. The van der Waals surface area contributed by atoms with E-state index < -0.39 is 0 Å². The highest BCUT2D eigenvalue weighted by atomic mass is 16.2. The third-order valence-corrected chi connectivity index (χ3v) is 6.04. The first kappa shape index (κ1) is 17.3. The molecule has 2 aromatic carbocycles. The van der Waals surface area contributed by atoms with Gasteiger partial charge in [-0.3, -0.25) is 4.79 Å². The summed E-state index contributed by atoms with van der Waals surface area (Å²) in [4.78, 5) is 22.2. The minimum atomic E-state index is 0.123. The van der Waals surface area contributed by atoms with E-state index in [1.54, 1.807) is 0 Å². The number of amides is 1. The van der Waals surface area contributed by atoms with E-state index in [0.29, 0.717) is 0 Å². The highest BCUT2D eigenvalue weighted by Gasteiger charge is 2.23. The monoisotopic (exact) mass is 374 g/mol. The summed E-state index contributed by atoms with van der Waals surface area (Å²) >= 11 is 0. The molecule has 1 amide bonds. The third kappa shape index (κ3) is 3.15. The van der Waals surface area contributed by atoms with E-state index in [0.717, 1.165) is 50.2 Å². The first-order chi connectivity index (χ1) is 13.8. The number of hydrogen-bond donors (Lipinski definition) is 0. The summed E-state index contributed by atoms with van der Waals surface area (Å²) in [6, 6.07) is 16.5. The summed E-state index contributed by atoms with van der Waals surface area (Å²) in [6.07, 6.45) is 4.74. The first-order valence-corrected chi connectivity index (χ1v) is 10.4. The molecule has 0 bridgehead atoms. The van der Waals surface area contributed by atoms with Gasteiger partial charge in [-0.1, -0.05) is 24.6 Å². The molecule has 2 aliphatic rings. The standard InChI is InChI=1S/C23H26N4O/c28-23(26-15-13-25(14-16-26)19-7-3-1-4-8-19)18-10-11-21-20(17-18)24-22-9-5-2-6-12-27(21)22/h1,3-4,7-8,10-11,17H,2,5-6,9,12-16H2. The molecule has 0 radical (unpaired) electrons. The third-order valence-electron chi connectivity index (χ3n) is 6.04. The summed E-state index contributed by atoms with van der Waals surface area (Å²) in [5.74, 6) is 1.30. The molecule has 1 aromatic heterocycles. The number of piperazine rings is 1. The number of benzene rings is 2. The number of rotatable bonds is 2. The van der Waals surface area contributed by atoms with Crippen molar-refractivity contribution in [2.75, 3.05) is 31.1 Å². The van der Waals surface area contributed by atoms with Crippen LogP contribution in [0, 0.1) is 0 Å². The van der Waals surface area contributed by atoms with Gasteiger partial charge in [0.25, 0.3) is 5.91 Å². The van der Waals surface area contributed by atoms with Gasteiger partial charge >= 0.3 is 0 Å². The number of aryl methyl sites for hydroxylation is 2. The summed E-state index contributed by atoms with van der Waals surface area (Å²) < 4.78 is 2.34. The second-order valence-corrected chi connectivity index (χ2v) is 7.81. The Morgan fingerprint density at radius 3 is 2.50 bits per heavy atom. The number of hydrogen-bond acceptors (Lipinski definition) is 3. The Labute approximate surface area is 165 Å². The lowest BCUT2D eigenvalue weighted by Gasteiger charge is -2.36. The number of fused-ring (bicyclic) bond motifs is 3. The lowest BCUT2D eigenvalue weighted by Crippen LogP contribution is -2.48. The molecule has 0 unspecified atom stereocenters. The van der Waals surface area contributed by atoms with Crippen LogP contribution in [0.25, 0.3) is 11.0 Å². The summed E-state index contributed by atoms with van der Waals surface area (Å²) in [6.45, 7) is 4.30. The largest absolute Gasteiger partial charge is 0.368 e. The van der Waals surface area contributed by atoms with Gasteiger partial charge in [0.1, 0.15) is 5.82 Å². The number of imidazole rings is 1. The van der Waals surface area contributed by atoms with Crippen LogP contribution in [0.3, 0.4) is 0 Å². The molecule has 0 saturated carbocycles. The van der Waals surface area contributed by atoms with Crippen molar-refractivity contribution in [2.24, 2.45) is 0 Å². The lowest BCUT2D eigenvalue weighted by molar-refractivity contribution is 0.0747. The Bertz CT molecular complexity index is 987. The van der Waals surface area contributed by atoms with Crippen LogP contribution in [0.2, 0.25) is 0 Å². The lowest BCUT2D eigenvalue weighted by atomic mass is 10.1. The fourth-order valence-electron chi connectivity index (χ4n) is 4.47. The summed E-state index contributed by atoms with van der Waals surface area (Å²) in [5, 5.41) is 0. The zero-order valence-corrected chi connectivity index (χ0v) is 16.2. The minimum Gasteiger partial charge on any atom is -0.368 e. The van der Waals surface area contributed by atoms with Gasteiger partial charge in [0.2, 0.25) is 0 Å². The number of aromatic nitrogens is 2. The Kier molecular flexibility index (Phi) is 4.51. The number of para-hydroxylation sites is 1. The van der Waals surface area contributed by atoms with Crippen molar-refractivity contribution >= 4 is 22.6 Å². The van der Waals surface area contributed by atoms with Crippen molar-refractivity contribution < 1.29 is 4.79 Å². The number of nitrogens with zero attached hydrogens (tertiary/aromatic N) is 4. The molecule has 1 fully saturated rings. The molecule has 0 atom stereocenters. The van der Waals surface area contributed by atoms with Crippen molar-refractivity contribution in [3.63, 3.8) is 0 Å². The van der Waals surface area contributed by atoms with Gasteiger partial charge < -0.3 is 14.4 Å². The van der Waals surface area contributed by atoms with E-state index in [9.17, 15) is 4.79 Å². The number of anilines is 1. The molecule has 3 aromatic rings. The van der Waals surface area contributed by atoms with Gasteiger partial charge in [-0.15, -0.1) is 0 Å². The average Bonchev–Trinajstić information content (AvgIpc) is 2.93. The molecule has 0 aliphatic carbocycles. The van der Waals surface area contributed by atoms with Crippen LogP contribution < -0.4 is 4.90 Å². The normalized spacial score (nSPS) is 17.4. The van der Waals surface area contributed by atoms with Crippen LogP contribution in [0.4, 0.5) is 5.69 Å². The fraction of sp³-hybridized carbons (Fsp3) is 0.391. The Morgan fingerprint density at radius 2 is 1.68 bits per heavy atom. The van der Waals surface area contributed by atoms with E-state index in [2.05, 4.69) is 39.8 Å². The van der Waals surface area contributed by atoms with Crippen LogP contribution >= 0.6 is 0 Å². The topological polar surface area (TPSA) is 41.4 Å². The molecule has 0 N–H and O–H groups in total. The Hall–Kier alpha value is -2.82. The van der Waals surface area contributed by atoms with Crippen LogP contribution in [-0.4, -0.2) is 46.5 Å². The van der Waals surface area contributed by atoms with E-state index in [1.807, 2.05) is 23.1 Å². The maximum absolute atomic E-state index is 13.1. The van der Waals surface area contributed by atoms with Crippen LogP contribution in [0.15, 0.2) is 48.5 Å². The molecule has 5 nitrogen and oxygen atoms in total. The molecular formula is C23H26N4O. The van der Waals surface area contributed by atoms with Gasteiger partial charge in [-0.2, -0.15) is 0 Å². The van der Waals surface area contributed by atoms with E-state index in [1.165, 1.54) is 36.3 Å². The fourth-order valence-corrected chi connectivity index (χ4v) is 4.47. The maximum atomic E-state index is 13.1. The predicted octanol–water partition coefficient (Wildman–Crippen LogP) is 3.73. The van der Waals surface area contributed by atoms with Crippen molar-refractivity contribution in [3.05, 3.63) is 59.9 Å². The van der Waals surface area contributed by atoms with Crippen molar-refractivity contribution in [2.45, 2.75) is 32.2 Å². The van der Waals surface area contributed by atoms with Crippen LogP contribution in [0.1, 0.15) is 35.4 Å². The molecular weight excluding hydrogens is 348 g/mol. The molecule has 5 rings (SSSR count). The first-order valence-electron chi connectivity index (χ1n) is 10.4. The van der Waals surface area contributed by atoms with Gasteiger partial charge in [-0.05, 0) is 43.2 Å². The van der Waals surface area contributed by atoms with Gasteiger partial charge in [0.05, 0.1) is 11.0 Å². The molecule has 3 heterocycles. The van der Waals surface area contributed by atoms with Crippen LogP contribution in [-0.2, 0) is 13.0 Å². The average molecular weight is 374 g/mol. The van der Waals surface area contributed by atoms with Crippen molar-refractivity contribution in [3.8, 4) is 0 Å². The number of carbonyl (C=O) groups excluding carboxylic acids is 1. The predicted molar refractivity (Wildman–Crippen MR) is 112 cm³/mol. The maximum Gasteiger partial charge on any atom is 0.254 e. The molecule has 2 aliphatic heterocycles. The molecule has 1 saturated heterocycles. The molecule has 5 heteroatoms. The van der Waals surface area contributed by atoms with Crippen molar-refractivity contribution in [1.29, 1.82) is 0 Å². The Balaban J connectivity index is 1.32. The van der Waals surface area contributed by atoms with Gasteiger partial charge in [0, 0.05) is 50.4 Å². The SMILES string of the molecule is O=C(c1ccc2c(c1)nc1n2CCCCC1)N1CCN(c2ccccc2)CC1. The van der Waals surface area contributed by atoms with E-state index >= 15 is 0 Å². The Morgan fingerprint density at radius 1 is 0.857 bits per heavy atom. The summed E-state index contributed by atoms with van der Waals surface area (Å²) in [7, 11) is 0. The van der Waals surface area contributed by atoms with E-state index in [-0.39, 0.29) is 5.91 Å². The molecule has 28 heavy (non-hydrogen) atoms. The summed E-state index contributed by atoms with van der Waals surface area (Å²) in [5.41, 5.74) is 4.12. The zero-order chi connectivity index (χ0) is 18.9. The second kappa shape index (κ2) is 7.30. The minimum absolute atomic E-state index is 0.123. The zero-order valence-electron chi connectivity index (χ0n) is 16.2. The quantitative estimate of drug-likeness (QED) is 0.686. The van der Waals surface area contributed by atoms with E-state index in [4.69, 9.17) is 4.98 Å². The highest BCUT2D eigenvalue weighted by molar-refractivity contribution is 5.97. The second-order valence-electron chi connectivity index (χ2n) is 7.81. The van der Waals surface area contributed by atoms with Crippen molar-refractivity contribution in [1.82, 2.24) is 14.5 Å². The highest BCUT2D eigenvalue weighted by Crippen LogP contribution is 2.24. The van der Waals surface area contributed by atoms with Crippen LogP contribution in [0.5, 0.6) is 0 Å². The molecule has 144 valence electrons. The smallest absolute Gasteiger partial charge is 0.254 e. The van der Waals surface area contributed by atoms with Gasteiger partial charge in [0.15, 0.2) is 0 Å². The molecule has 0 spiro atoms. The van der Waals surface area contributed by atoms with Gasteiger partial charge in [-0.25, -0.2) is 4.98 Å².